The molecule has 7 atom stereocenters. The van der Waals surface area contributed by atoms with Crippen LogP contribution in [0.3, 0.4) is 0 Å². The number of hydrogen-bond donors (Lipinski definition) is 11. The number of benzene rings is 2. The Balaban J connectivity index is 0.00000913. The van der Waals surface area contributed by atoms with E-state index in [0.29, 0.717) is 30.8 Å². The molecular formula is C42H57ClN4O19P2S2. The lowest BCUT2D eigenvalue weighted by atomic mass is 9.71. The predicted molar refractivity (Wildman–Crippen MR) is 255 cm³/mol. The van der Waals surface area contributed by atoms with Gasteiger partial charge in [-0.2, -0.15) is 16.9 Å². The number of imide groups is 1. The number of fused-ring (bicyclic) bond motifs is 3. The van der Waals surface area contributed by atoms with Gasteiger partial charge in [0.05, 0.1) is 59.7 Å². The van der Waals surface area contributed by atoms with Crippen molar-refractivity contribution in [2.24, 2.45) is 10.8 Å². The minimum atomic E-state index is -5.02. The molecule has 12 N–H and O–H groups in total. The number of carbonyl (C=O) groups excluding carboxylic acids is 5. The maximum absolute atomic E-state index is 14.0. The molecule has 6 rings (SSSR count). The van der Waals surface area contributed by atoms with Gasteiger partial charge in [0.25, 0.3) is 0 Å². The highest BCUT2D eigenvalue weighted by atomic mass is 35.5. The van der Waals surface area contributed by atoms with Gasteiger partial charge in [0.15, 0.2) is 17.5 Å². The number of carbonyl (C=O) groups is 5. The minimum Gasteiger partial charge on any atom is -0.507 e. The number of ether oxygens (including phenoxy) is 3. The highest BCUT2D eigenvalue weighted by Gasteiger charge is 2.50. The zero-order valence-electron chi connectivity index (χ0n) is 37.9. The standard InChI is InChI=1S/C42H56N4O19P2S2.ClH/c1-20-36(50)23(43)14-30(64-20)65-25-17-42(56,16-22-33(25)40(54)35-34(38(22)52)37(51)21-8-6-9-24(63-2)32(21)39(35)53)27(18-47)44-45-28(48)10-4-3-5-11-46-29(49)15-26(41(46)55)69-13-7-12-68-19-31(66(57,58)59)67(60,61)62;/h6,8-9,20,23,25-26,30-31,36,47,50,52,54,56H,3-5,7,10-19,43H2,1-2H3,(H,45,48)(H2,57,58,59)(H2,60,61,62);1H/b44-27+;/t20-,23-,25-,26?,30-,36+,42-;/m0./s1. The van der Waals surface area contributed by atoms with Crippen LogP contribution in [0.15, 0.2) is 23.3 Å². The third-order valence-electron chi connectivity index (χ3n) is 12.4. The first-order valence-corrected chi connectivity index (χ1v) is 27.4. The molecule has 0 spiro atoms. The smallest absolute Gasteiger partial charge is 0.341 e. The molecule has 70 heavy (non-hydrogen) atoms. The molecule has 0 saturated carbocycles. The summed E-state index contributed by atoms with van der Waals surface area (Å²) in [6, 6.07) is 3.48. The van der Waals surface area contributed by atoms with Gasteiger partial charge in [0.1, 0.15) is 22.8 Å². The lowest BCUT2D eigenvalue weighted by Crippen LogP contribution is -2.53. The van der Waals surface area contributed by atoms with E-state index < -0.39 is 127 Å². The number of phenolic OH excluding ortho intramolecular Hbond substituents is 2. The van der Waals surface area contributed by atoms with E-state index in [1.165, 1.54) is 37.1 Å². The number of nitrogens with zero attached hydrogens (tertiary/aromatic N) is 2. The van der Waals surface area contributed by atoms with Crippen molar-refractivity contribution >= 4 is 86.1 Å². The molecule has 0 bridgehead atoms. The van der Waals surface area contributed by atoms with Crippen molar-refractivity contribution in [1.29, 1.82) is 0 Å². The van der Waals surface area contributed by atoms with Crippen molar-refractivity contribution < 1.29 is 92.4 Å². The topological polar surface area (TPSA) is 383 Å². The van der Waals surface area contributed by atoms with Crippen molar-refractivity contribution in [2.75, 3.05) is 37.5 Å². The van der Waals surface area contributed by atoms with Gasteiger partial charge in [-0.15, -0.1) is 24.2 Å². The number of likely N-dealkylation sites (tertiary alicyclic amines) is 1. The van der Waals surface area contributed by atoms with Crippen LogP contribution in [0.25, 0.3) is 0 Å². The Morgan fingerprint density at radius 2 is 1.70 bits per heavy atom. The van der Waals surface area contributed by atoms with E-state index in [1.807, 2.05) is 0 Å². The van der Waals surface area contributed by atoms with E-state index in [2.05, 4.69) is 10.5 Å². The third-order valence-corrected chi connectivity index (χ3v) is 19.1. The Morgan fingerprint density at radius 1 is 1.01 bits per heavy atom. The average Bonchev–Trinajstić information content (AvgIpc) is 3.54. The van der Waals surface area contributed by atoms with Crippen LogP contribution in [-0.4, -0.2) is 163 Å². The zero-order chi connectivity index (χ0) is 50.7. The molecule has 2 aromatic rings. The van der Waals surface area contributed by atoms with Gasteiger partial charge in [-0.25, -0.2) is 5.43 Å². The molecular weight excluding hydrogens is 1030 g/mol. The number of hydrogen-bond acceptors (Lipinski definition) is 19. The fourth-order valence-electron chi connectivity index (χ4n) is 8.80. The SMILES string of the molecule is COc1cccc2c1C(=O)c1c(O)c3c(c(O)c1C2=O)C[C@@](O)(/C(CO)=N/NC(=O)CCCCCN1C(=O)CC(SCCCSCC(P(=O)(O)O)P(=O)(O)O)C1=O)C[C@@H]3O[C@H]1C[C@H](N)[C@H](O)[C@H](C)O1.Cl. The number of rotatable bonds is 21. The van der Waals surface area contributed by atoms with Crippen LogP contribution in [0.1, 0.15) is 107 Å². The van der Waals surface area contributed by atoms with Crippen molar-refractivity contribution in [3.63, 3.8) is 0 Å². The minimum absolute atomic E-state index is 0. The molecule has 2 fully saturated rings. The lowest BCUT2D eigenvalue weighted by molar-refractivity contribution is -0.245. The summed E-state index contributed by atoms with van der Waals surface area (Å²) >= 11 is 2.20. The van der Waals surface area contributed by atoms with Crippen LogP contribution in [0, 0.1) is 0 Å². The van der Waals surface area contributed by atoms with Crippen LogP contribution < -0.4 is 15.9 Å². The normalized spacial score (nSPS) is 24.8. The summed E-state index contributed by atoms with van der Waals surface area (Å²) in [5.74, 6) is -4.16. The summed E-state index contributed by atoms with van der Waals surface area (Å²) in [4.78, 5) is 105. The summed E-state index contributed by atoms with van der Waals surface area (Å²) in [5, 5.41) is 58.2. The number of nitrogens with two attached hydrogens (primary N) is 1. The average molecular weight is 1080 g/mol. The number of unbranched alkanes of at least 4 members (excludes halogenated alkanes) is 2. The molecule has 388 valence electrons. The molecule has 0 radical (unpaired) electrons. The molecule has 0 aromatic heterocycles. The van der Waals surface area contributed by atoms with Gasteiger partial charge in [0, 0.05) is 67.1 Å². The summed E-state index contributed by atoms with van der Waals surface area (Å²) in [7, 11) is -8.75. The van der Waals surface area contributed by atoms with E-state index in [4.69, 9.17) is 19.9 Å². The number of ketones is 2. The second-order valence-electron chi connectivity index (χ2n) is 17.2. The van der Waals surface area contributed by atoms with Gasteiger partial charge in [0.2, 0.25) is 23.5 Å². The Kier molecular flexibility index (Phi) is 19.3. The first kappa shape index (κ1) is 57.4. The van der Waals surface area contributed by atoms with Gasteiger partial charge >= 0.3 is 15.2 Å². The molecule has 4 aliphatic rings. The maximum atomic E-state index is 14.0. The van der Waals surface area contributed by atoms with Gasteiger partial charge in [-0.05, 0) is 43.8 Å². The van der Waals surface area contributed by atoms with Crippen molar-refractivity contribution in [2.45, 2.75) is 112 Å². The highest BCUT2D eigenvalue weighted by molar-refractivity contribution is 8.01. The van der Waals surface area contributed by atoms with E-state index in [0.717, 1.165) is 16.7 Å². The monoisotopic (exact) mass is 1080 g/mol. The first-order chi connectivity index (χ1) is 32.4. The maximum Gasteiger partial charge on any atom is 0.341 e. The number of methoxy groups -OCH3 is 1. The number of nitrogens with one attached hydrogen (secondary N) is 1. The molecule has 2 heterocycles. The first-order valence-electron chi connectivity index (χ1n) is 21.9. The Hall–Kier alpha value is -3.49. The van der Waals surface area contributed by atoms with Crippen LogP contribution in [0.4, 0.5) is 0 Å². The number of thioether (sulfide) groups is 2. The van der Waals surface area contributed by atoms with Crippen LogP contribution >= 0.6 is 51.1 Å². The van der Waals surface area contributed by atoms with E-state index in [1.54, 1.807) is 6.92 Å². The quantitative estimate of drug-likeness (QED) is 0.0180. The number of phenols is 2. The molecule has 2 aliphatic carbocycles. The fraction of sp³-hybridized carbons (Fsp3) is 0.571. The number of aliphatic hydroxyl groups is 3. The van der Waals surface area contributed by atoms with Crippen molar-refractivity contribution in [3.05, 3.63) is 51.6 Å². The summed E-state index contributed by atoms with van der Waals surface area (Å²) in [6.07, 6.45) is -4.19. The van der Waals surface area contributed by atoms with Gasteiger partial charge in [-0.3, -0.25) is 38.0 Å². The van der Waals surface area contributed by atoms with Crippen molar-refractivity contribution in [1.82, 2.24) is 10.3 Å². The number of halogens is 1. The molecule has 2 aromatic carbocycles. The summed E-state index contributed by atoms with van der Waals surface area (Å²) < 4.78 is 40.4. The second-order valence-corrected chi connectivity index (χ2v) is 23.6. The van der Waals surface area contributed by atoms with Gasteiger partial charge in [-0.1, -0.05) is 18.6 Å². The predicted octanol–water partition coefficient (Wildman–Crippen LogP) is 1.55. The molecule has 23 nitrogen and oxygen atoms in total. The Morgan fingerprint density at radius 3 is 2.34 bits per heavy atom. The van der Waals surface area contributed by atoms with Crippen LogP contribution in [-0.2, 0) is 39.4 Å². The zero-order valence-corrected chi connectivity index (χ0v) is 42.1. The number of amides is 3. The van der Waals surface area contributed by atoms with Crippen LogP contribution in [0.5, 0.6) is 17.2 Å². The largest absolute Gasteiger partial charge is 0.507 e. The second kappa shape index (κ2) is 23.6. The van der Waals surface area contributed by atoms with Crippen molar-refractivity contribution in [3.8, 4) is 17.2 Å². The van der Waals surface area contributed by atoms with Gasteiger partial charge < -0.3 is 65.1 Å². The molecule has 2 aliphatic heterocycles. The summed E-state index contributed by atoms with van der Waals surface area (Å²) in [5.41, 5.74) is 4.17. The lowest BCUT2D eigenvalue weighted by Gasteiger charge is -2.43. The van der Waals surface area contributed by atoms with Crippen LogP contribution in [0.2, 0.25) is 0 Å². The number of aromatic hydroxyl groups is 2. The number of aliphatic hydroxyl groups excluding tert-OH is 2. The fourth-order valence-corrected chi connectivity index (χ4v) is 14.6. The molecule has 2 saturated heterocycles. The Labute approximate surface area is 416 Å². The van der Waals surface area contributed by atoms with E-state index in [-0.39, 0.29) is 90.2 Å². The molecule has 1 unspecified atom stereocenters. The highest BCUT2D eigenvalue weighted by Crippen LogP contribution is 2.61. The third kappa shape index (κ3) is 12.5. The Bertz CT molecular complexity index is 2440. The summed E-state index contributed by atoms with van der Waals surface area (Å²) in [6.45, 7) is 0.733. The molecule has 3 amide bonds. The number of hydrazone groups is 1. The molecule has 28 heteroatoms. The van der Waals surface area contributed by atoms with E-state index in [9.17, 15) is 78.2 Å². The van der Waals surface area contributed by atoms with E-state index >= 15 is 0 Å².